The van der Waals surface area contributed by atoms with Crippen molar-refractivity contribution in [3.8, 4) is 0 Å². The lowest BCUT2D eigenvalue weighted by molar-refractivity contribution is 0.512. The molecule has 0 saturated carbocycles. The predicted octanol–water partition coefficient (Wildman–Crippen LogP) is 0.752. The van der Waals surface area contributed by atoms with Crippen molar-refractivity contribution in [3.05, 3.63) is 18.1 Å². The lowest BCUT2D eigenvalue weighted by Crippen LogP contribution is -1.37. The molecule has 0 saturated heterocycles. The molecule has 6 heavy (non-hydrogen) atoms. The third-order valence-corrected chi connectivity index (χ3v) is 0.677. The zero-order valence-corrected chi connectivity index (χ0v) is 4.14. The molecule has 3 heteroatoms. The topological polar surface area (TPSA) is 37.3 Å². The molecule has 0 spiro atoms. The van der Waals surface area contributed by atoms with Gasteiger partial charge >= 0.3 is 0 Å². The molecule has 0 aliphatic heterocycles. The zero-order chi connectivity index (χ0) is 4.99. The van der Waals surface area contributed by atoms with Gasteiger partial charge in [0.05, 0.1) is 0 Å². The fourth-order valence-electron chi connectivity index (χ4n) is 0.0873. The maximum absolute atomic E-state index is 9.63. The quantitative estimate of drug-likeness (QED) is 0.393. The van der Waals surface area contributed by atoms with Crippen molar-refractivity contribution in [1.29, 1.82) is 0 Å². The molecule has 0 aromatic rings. The highest BCUT2D eigenvalue weighted by atomic mass is 31.1. The van der Waals surface area contributed by atoms with Crippen molar-refractivity contribution in [3.63, 3.8) is 0 Å². The summed E-state index contributed by atoms with van der Waals surface area (Å²) in [5, 5.41) is 0. The van der Waals surface area contributed by atoms with E-state index in [1.807, 2.05) is 0 Å². The van der Waals surface area contributed by atoms with Crippen LogP contribution in [0.15, 0.2) is 18.1 Å². The second-order valence-corrected chi connectivity index (χ2v) is 1.65. The summed E-state index contributed by atoms with van der Waals surface area (Å²) in [6, 6.07) is 0. The summed E-state index contributed by atoms with van der Waals surface area (Å²) in [6.07, 6.45) is 0. The first-order chi connectivity index (χ1) is 2.77. The van der Waals surface area contributed by atoms with Crippen molar-refractivity contribution in [2.45, 2.75) is 0 Å². The minimum atomic E-state index is -2.43. The first kappa shape index (κ1) is 5.71. The average Bonchev–Trinajstić information content (AvgIpc) is 1.35. The van der Waals surface area contributed by atoms with Crippen LogP contribution >= 0.6 is 8.03 Å². The number of rotatable bonds is 1. The first-order valence-electron chi connectivity index (χ1n) is 1.36. The van der Waals surface area contributed by atoms with E-state index in [1.165, 1.54) is 0 Å². The molecule has 0 amide bonds. The Labute approximate surface area is 36.7 Å². The van der Waals surface area contributed by atoms with E-state index in [0.29, 0.717) is 0 Å². The van der Waals surface area contributed by atoms with Crippen LogP contribution in [0.4, 0.5) is 0 Å². The fraction of sp³-hybridized carbons (Fsp3) is 0. The molecule has 34 valence electrons. The van der Waals surface area contributed by atoms with Gasteiger partial charge in [0.1, 0.15) is 0 Å². The van der Waals surface area contributed by atoms with Crippen LogP contribution in [0.2, 0.25) is 0 Å². The smallest absolute Gasteiger partial charge is 0.218 e. The maximum atomic E-state index is 9.63. The van der Waals surface area contributed by atoms with E-state index in [-0.39, 0.29) is 0 Å². The number of hydrogen-bond acceptors (Lipinski definition) is 1. The Balaban J connectivity index is 3.60. The highest BCUT2D eigenvalue weighted by Gasteiger charge is 1.71. The molecule has 0 heterocycles. The minimum Gasteiger partial charge on any atom is -0.343 e. The summed E-state index contributed by atoms with van der Waals surface area (Å²) in [5.41, 5.74) is 2.17. The Morgan fingerprint density at radius 2 is 2.50 bits per heavy atom. The van der Waals surface area contributed by atoms with Crippen molar-refractivity contribution in [2.24, 2.45) is 0 Å². The molecule has 1 atom stereocenters. The van der Waals surface area contributed by atoms with E-state index in [0.717, 1.165) is 5.82 Å². The first-order valence-corrected chi connectivity index (χ1v) is 2.79. The van der Waals surface area contributed by atoms with E-state index in [9.17, 15) is 4.57 Å². The minimum absolute atomic E-state index is 1.03. The average molecular weight is 104 g/mol. The molecule has 0 rings (SSSR count). The van der Waals surface area contributed by atoms with E-state index in [1.54, 1.807) is 0 Å². The third-order valence-electron chi connectivity index (χ3n) is 0.226. The van der Waals surface area contributed by atoms with E-state index in [4.69, 9.17) is 4.89 Å². The monoisotopic (exact) mass is 104 g/mol. The predicted molar refractivity (Wildman–Crippen MR) is 24.9 cm³/mol. The van der Waals surface area contributed by atoms with Crippen molar-refractivity contribution in [1.82, 2.24) is 0 Å². The summed E-state index contributed by atoms with van der Waals surface area (Å²) >= 11 is 0. The summed E-state index contributed by atoms with van der Waals surface area (Å²) < 4.78 is 9.63. The highest BCUT2D eigenvalue weighted by molar-refractivity contribution is 7.41. The van der Waals surface area contributed by atoms with Crippen molar-refractivity contribution < 1.29 is 9.46 Å². The van der Waals surface area contributed by atoms with E-state index in [2.05, 4.69) is 12.3 Å². The van der Waals surface area contributed by atoms with Crippen molar-refractivity contribution in [2.75, 3.05) is 0 Å². The van der Waals surface area contributed by atoms with Gasteiger partial charge in [0.15, 0.2) is 0 Å². The van der Waals surface area contributed by atoms with Gasteiger partial charge in [-0.25, -0.2) is 0 Å². The molecule has 2 nitrogen and oxygen atoms in total. The summed E-state index contributed by atoms with van der Waals surface area (Å²) in [5.74, 6) is 1.03. The van der Waals surface area contributed by atoms with Crippen LogP contribution in [-0.4, -0.2) is 4.89 Å². The molecule has 0 radical (unpaired) electrons. The van der Waals surface area contributed by atoms with Crippen LogP contribution in [0.1, 0.15) is 0 Å². The molecular formula is C3H5O2P. The van der Waals surface area contributed by atoms with Crippen LogP contribution < -0.4 is 0 Å². The third kappa shape index (κ3) is 3.71. The molecule has 0 bridgehead atoms. The standard InChI is InChI=1S/C3H5O2P/c1-2-3-6(4)5/h3,6H,1H2,(H,4,5). The Morgan fingerprint density at radius 3 is 2.50 bits per heavy atom. The Bertz CT molecular complexity index is 101. The van der Waals surface area contributed by atoms with Crippen LogP contribution in [0, 0.1) is 0 Å². The van der Waals surface area contributed by atoms with E-state index < -0.39 is 8.03 Å². The molecular weight excluding hydrogens is 99.0 g/mol. The summed E-state index contributed by atoms with van der Waals surface area (Å²) in [4.78, 5) is 7.94. The van der Waals surface area contributed by atoms with Gasteiger partial charge in [0.2, 0.25) is 8.03 Å². The SMILES string of the molecule is C=C=C[PH](=O)O. The summed E-state index contributed by atoms with van der Waals surface area (Å²) in [7, 11) is -2.43. The normalized spacial score (nSPS) is 12.2. The van der Waals surface area contributed by atoms with E-state index >= 15 is 0 Å². The fourth-order valence-corrected chi connectivity index (χ4v) is 0.262. The molecule has 1 unspecified atom stereocenters. The van der Waals surface area contributed by atoms with Crippen LogP contribution in [0.3, 0.4) is 0 Å². The Hall–Kier alpha value is -0.290. The summed E-state index contributed by atoms with van der Waals surface area (Å²) in [6.45, 7) is 3.09. The second kappa shape index (κ2) is 2.92. The molecule has 1 N–H and O–H groups in total. The van der Waals surface area contributed by atoms with Gasteiger partial charge in [0, 0.05) is 5.82 Å². The molecule has 0 aromatic heterocycles. The lowest BCUT2D eigenvalue weighted by Gasteiger charge is -1.67. The van der Waals surface area contributed by atoms with Gasteiger partial charge in [-0.15, -0.1) is 5.73 Å². The van der Waals surface area contributed by atoms with Crippen molar-refractivity contribution >= 4 is 8.03 Å². The lowest BCUT2D eigenvalue weighted by atomic mass is 11.0. The highest BCUT2D eigenvalue weighted by Crippen LogP contribution is 2.11. The van der Waals surface area contributed by atoms with Gasteiger partial charge in [-0.05, 0) is 0 Å². The van der Waals surface area contributed by atoms with Crippen LogP contribution in [0.25, 0.3) is 0 Å². The van der Waals surface area contributed by atoms with Gasteiger partial charge in [-0.1, -0.05) is 6.58 Å². The second-order valence-electron chi connectivity index (χ2n) is 0.687. The Morgan fingerprint density at radius 1 is 2.00 bits per heavy atom. The molecule has 0 aliphatic carbocycles. The van der Waals surface area contributed by atoms with Gasteiger partial charge in [0.25, 0.3) is 0 Å². The largest absolute Gasteiger partial charge is 0.343 e. The van der Waals surface area contributed by atoms with Gasteiger partial charge < -0.3 is 4.89 Å². The Kier molecular flexibility index (Phi) is 2.78. The number of hydrogen-bond donors (Lipinski definition) is 1. The maximum Gasteiger partial charge on any atom is 0.218 e. The molecule has 0 fully saturated rings. The van der Waals surface area contributed by atoms with Gasteiger partial charge in [-0.3, -0.25) is 4.57 Å². The molecule has 0 aliphatic rings. The van der Waals surface area contributed by atoms with Crippen LogP contribution in [0.5, 0.6) is 0 Å². The zero-order valence-electron chi connectivity index (χ0n) is 3.14. The van der Waals surface area contributed by atoms with Crippen LogP contribution in [-0.2, 0) is 4.57 Å². The van der Waals surface area contributed by atoms with Gasteiger partial charge in [-0.2, -0.15) is 0 Å². The molecule has 0 aromatic carbocycles.